The fourth-order valence-electron chi connectivity index (χ4n) is 3.14. The second-order valence-corrected chi connectivity index (χ2v) is 7.67. The number of hydrogen-bond acceptors (Lipinski definition) is 5. The summed E-state index contributed by atoms with van der Waals surface area (Å²) in [5.74, 6) is 0.0941. The Bertz CT molecular complexity index is 1010. The Kier molecular flexibility index (Phi) is 4.51. The van der Waals surface area contributed by atoms with Crippen molar-refractivity contribution in [2.45, 2.75) is 32.6 Å². The zero-order valence-electron chi connectivity index (χ0n) is 14.4. The monoisotopic (exact) mass is 366 g/mol. The van der Waals surface area contributed by atoms with E-state index in [4.69, 9.17) is 4.42 Å². The molecule has 1 aliphatic carbocycles. The maximum absolute atomic E-state index is 12.5. The van der Waals surface area contributed by atoms with Crippen LogP contribution in [0.25, 0.3) is 21.5 Å². The van der Waals surface area contributed by atoms with Crippen molar-refractivity contribution < 1.29 is 14.0 Å². The summed E-state index contributed by atoms with van der Waals surface area (Å²) in [7, 11) is 0. The van der Waals surface area contributed by atoms with Crippen LogP contribution in [0.2, 0.25) is 0 Å². The molecule has 5 nitrogen and oxygen atoms in total. The molecule has 4 rings (SSSR count). The van der Waals surface area contributed by atoms with E-state index in [1.807, 2.05) is 24.3 Å². The van der Waals surface area contributed by atoms with Crippen LogP contribution in [-0.4, -0.2) is 22.4 Å². The van der Waals surface area contributed by atoms with Gasteiger partial charge < -0.3 is 4.42 Å². The first-order valence-corrected chi connectivity index (χ1v) is 9.51. The highest BCUT2D eigenvalue weighted by atomic mass is 32.1. The van der Waals surface area contributed by atoms with E-state index < -0.39 is 5.91 Å². The first kappa shape index (κ1) is 16.8. The van der Waals surface area contributed by atoms with Crippen LogP contribution < -0.4 is 0 Å². The molecule has 6 heteroatoms. The number of carbonyl (C=O) groups is 2. The van der Waals surface area contributed by atoms with Crippen LogP contribution in [0.3, 0.4) is 0 Å². The Morgan fingerprint density at radius 1 is 1.27 bits per heavy atom. The smallest absolute Gasteiger partial charge is 0.289 e. The lowest BCUT2D eigenvalue weighted by Gasteiger charge is -2.02. The van der Waals surface area contributed by atoms with Crippen LogP contribution in [-0.2, 0) is 4.79 Å². The number of para-hydroxylation sites is 1. The summed E-state index contributed by atoms with van der Waals surface area (Å²) in [6, 6.07) is 7.71. The van der Waals surface area contributed by atoms with Crippen molar-refractivity contribution in [2.75, 3.05) is 0 Å². The molecule has 1 saturated carbocycles. The number of aromatic nitrogens is 1. The molecule has 0 bridgehead atoms. The van der Waals surface area contributed by atoms with Gasteiger partial charge >= 0.3 is 0 Å². The molecule has 1 aliphatic rings. The number of amides is 1. The number of hydrogen-bond donors (Lipinski definition) is 0. The van der Waals surface area contributed by atoms with E-state index in [-0.39, 0.29) is 5.78 Å². The van der Waals surface area contributed by atoms with Crippen molar-refractivity contribution in [3.8, 4) is 10.6 Å². The topological polar surface area (TPSA) is 72.5 Å². The average Bonchev–Trinajstić information content (AvgIpc) is 3.28. The lowest BCUT2D eigenvalue weighted by atomic mass is 10.0. The molecule has 2 heterocycles. The fraction of sp³-hybridized carbons (Fsp3) is 0.300. The molecule has 132 valence electrons. The van der Waals surface area contributed by atoms with Gasteiger partial charge in [-0.1, -0.05) is 19.1 Å². The first-order chi connectivity index (χ1) is 12.6. The Hall–Kier alpha value is -2.60. The van der Waals surface area contributed by atoms with Gasteiger partial charge in [0, 0.05) is 11.8 Å². The van der Waals surface area contributed by atoms with Crippen molar-refractivity contribution >= 4 is 39.7 Å². The number of nitrogens with zero attached hydrogens (tertiary/aromatic N) is 2. The molecule has 3 aromatic rings. The Morgan fingerprint density at radius 3 is 3.00 bits per heavy atom. The molecule has 1 atom stereocenters. The quantitative estimate of drug-likeness (QED) is 0.604. The van der Waals surface area contributed by atoms with Gasteiger partial charge in [-0.25, -0.2) is 9.98 Å². The fourth-order valence-corrected chi connectivity index (χ4v) is 3.97. The number of ketones is 1. The number of thiazole rings is 1. The van der Waals surface area contributed by atoms with E-state index in [1.54, 1.807) is 6.26 Å². The summed E-state index contributed by atoms with van der Waals surface area (Å²) in [6.45, 7) is 2.13. The van der Waals surface area contributed by atoms with Gasteiger partial charge in [0.25, 0.3) is 5.91 Å². The van der Waals surface area contributed by atoms with Crippen molar-refractivity contribution in [3.05, 3.63) is 41.6 Å². The molecule has 1 fully saturated rings. The number of rotatable bonds is 2. The number of aliphatic imine (C=N–C) groups is 1. The van der Waals surface area contributed by atoms with Gasteiger partial charge in [0.05, 0.1) is 23.7 Å². The molecular formula is C20H18N2O3S. The number of Topliss-reactive ketones (excluding diaryl/α,β-unsaturated/α-hetero) is 1. The van der Waals surface area contributed by atoms with Gasteiger partial charge in [-0.3, -0.25) is 9.59 Å². The van der Waals surface area contributed by atoms with E-state index in [0.29, 0.717) is 34.4 Å². The Balaban J connectivity index is 1.62. The van der Waals surface area contributed by atoms with Crippen LogP contribution >= 0.6 is 11.3 Å². The summed E-state index contributed by atoms with van der Waals surface area (Å²) >= 11 is 1.27. The van der Waals surface area contributed by atoms with Crippen LogP contribution in [0, 0.1) is 5.92 Å². The summed E-state index contributed by atoms with van der Waals surface area (Å²) in [5.41, 5.74) is 2.01. The van der Waals surface area contributed by atoms with Gasteiger partial charge in [-0.2, -0.15) is 0 Å². The van der Waals surface area contributed by atoms with E-state index in [1.165, 1.54) is 17.5 Å². The molecule has 0 radical (unpaired) electrons. The van der Waals surface area contributed by atoms with Crippen molar-refractivity contribution in [2.24, 2.45) is 10.9 Å². The summed E-state index contributed by atoms with van der Waals surface area (Å²) in [5, 5.41) is 1.69. The molecule has 1 amide bonds. The third kappa shape index (κ3) is 3.24. The standard InChI is InChI=1S/C20H18N2O3S/c1-12-5-7-15(16(23)8-6-12)22-19(24)17-11-21-20(26-17)14-4-2-3-13-9-10-25-18(13)14/h2-4,9-12H,5-8H2,1H3. The second kappa shape index (κ2) is 6.96. The van der Waals surface area contributed by atoms with E-state index >= 15 is 0 Å². The molecule has 0 N–H and O–H groups in total. The summed E-state index contributed by atoms with van der Waals surface area (Å²) in [4.78, 5) is 33.6. The van der Waals surface area contributed by atoms with Gasteiger partial charge in [0.1, 0.15) is 15.5 Å². The normalized spacial score (nSPS) is 19.8. The van der Waals surface area contributed by atoms with Gasteiger partial charge in [-0.15, -0.1) is 11.3 Å². The lowest BCUT2D eigenvalue weighted by molar-refractivity contribution is -0.113. The largest absolute Gasteiger partial charge is 0.464 e. The van der Waals surface area contributed by atoms with Gasteiger partial charge in [-0.05, 0) is 37.3 Å². The van der Waals surface area contributed by atoms with Crippen molar-refractivity contribution in [1.29, 1.82) is 0 Å². The first-order valence-electron chi connectivity index (χ1n) is 8.69. The SMILES string of the molecule is CC1CCC(=O)C(=NC(=O)c2cnc(-c3cccc4ccoc34)s2)CC1. The van der Waals surface area contributed by atoms with Gasteiger partial charge in [0.15, 0.2) is 5.78 Å². The third-order valence-corrected chi connectivity index (χ3v) is 5.74. The molecule has 1 unspecified atom stereocenters. The minimum Gasteiger partial charge on any atom is -0.464 e. The Morgan fingerprint density at radius 2 is 2.12 bits per heavy atom. The number of benzene rings is 1. The molecule has 0 spiro atoms. The maximum Gasteiger partial charge on any atom is 0.289 e. The third-order valence-electron chi connectivity index (χ3n) is 4.72. The minimum absolute atomic E-state index is 0.00667. The van der Waals surface area contributed by atoms with Crippen LogP contribution in [0.5, 0.6) is 0 Å². The zero-order valence-corrected chi connectivity index (χ0v) is 15.2. The lowest BCUT2D eigenvalue weighted by Crippen LogP contribution is -2.13. The zero-order chi connectivity index (χ0) is 18.1. The Labute approximate surface area is 154 Å². The highest BCUT2D eigenvalue weighted by Gasteiger charge is 2.21. The molecule has 0 saturated heterocycles. The molecular weight excluding hydrogens is 348 g/mol. The van der Waals surface area contributed by atoms with Crippen LogP contribution in [0.4, 0.5) is 0 Å². The van der Waals surface area contributed by atoms with Gasteiger partial charge in [0.2, 0.25) is 0 Å². The summed E-state index contributed by atoms with van der Waals surface area (Å²) in [6.07, 6.45) is 5.97. The predicted octanol–water partition coefficient (Wildman–Crippen LogP) is 4.92. The van der Waals surface area contributed by atoms with Crippen LogP contribution in [0.15, 0.2) is 46.1 Å². The minimum atomic E-state index is -0.390. The highest BCUT2D eigenvalue weighted by molar-refractivity contribution is 7.17. The number of carbonyl (C=O) groups excluding carboxylic acids is 2. The predicted molar refractivity (Wildman–Crippen MR) is 102 cm³/mol. The summed E-state index contributed by atoms with van der Waals surface area (Å²) < 4.78 is 5.54. The highest BCUT2D eigenvalue weighted by Crippen LogP contribution is 2.32. The van der Waals surface area contributed by atoms with Crippen molar-refractivity contribution in [1.82, 2.24) is 4.98 Å². The second-order valence-electron chi connectivity index (χ2n) is 6.64. The van der Waals surface area contributed by atoms with E-state index in [0.717, 1.165) is 29.4 Å². The van der Waals surface area contributed by atoms with Crippen LogP contribution in [0.1, 0.15) is 42.3 Å². The van der Waals surface area contributed by atoms with Crippen molar-refractivity contribution in [3.63, 3.8) is 0 Å². The molecule has 2 aromatic heterocycles. The van der Waals surface area contributed by atoms with E-state index in [9.17, 15) is 9.59 Å². The molecule has 26 heavy (non-hydrogen) atoms. The number of fused-ring (bicyclic) bond motifs is 1. The number of furan rings is 1. The average molecular weight is 366 g/mol. The molecule has 0 aliphatic heterocycles. The maximum atomic E-state index is 12.5. The van der Waals surface area contributed by atoms with E-state index in [2.05, 4.69) is 16.9 Å². The molecule has 1 aromatic carbocycles.